The molecule has 0 saturated carbocycles. The summed E-state index contributed by atoms with van der Waals surface area (Å²) in [6.07, 6.45) is 1.82. The van der Waals surface area contributed by atoms with Crippen LogP contribution in [0.3, 0.4) is 0 Å². The number of carbonyl (C=O) groups excluding carboxylic acids is 1. The molecule has 1 unspecified atom stereocenters. The van der Waals surface area contributed by atoms with Gasteiger partial charge in [-0.1, -0.05) is 24.3 Å². The lowest BCUT2D eigenvalue weighted by Crippen LogP contribution is -2.43. The van der Waals surface area contributed by atoms with Crippen molar-refractivity contribution in [2.45, 2.75) is 19.4 Å². The average molecular weight is 286 g/mol. The summed E-state index contributed by atoms with van der Waals surface area (Å²) in [5.41, 5.74) is 1.79. The molecule has 0 saturated heterocycles. The quantitative estimate of drug-likeness (QED) is 0.910. The van der Waals surface area contributed by atoms with Gasteiger partial charge in [0.05, 0.1) is 0 Å². The van der Waals surface area contributed by atoms with Gasteiger partial charge in [-0.05, 0) is 24.5 Å². The molecule has 0 fully saturated rings. The Balaban J connectivity index is 2.02. The van der Waals surface area contributed by atoms with Gasteiger partial charge in [0.1, 0.15) is 5.76 Å². The molecule has 2 aromatic rings. The van der Waals surface area contributed by atoms with Gasteiger partial charge in [0.15, 0.2) is 18.1 Å². The van der Waals surface area contributed by atoms with Gasteiger partial charge < -0.3 is 14.4 Å². The summed E-state index contributed by atoms with van der Waals surface area (Å²) >= 11 is 0. The Morgan fingerprint density at radius 1 is 1.38 bits per heavy atom. The highest BCUT2D eigenvalue weighted by Crippen LogP contribution is 2.31. The van der Waals surface area contributed by atoms with Crippen LogP contribution in [0.4, 0.5) is 0 Å². The predicted octanol–water partition coefficient (Wildman–Crippen LogP) is 1.81. The standard InChI is InChI=1S/C15H14N2O4/c1-9-12(16-8-21-9)14(18)17-7-6-10-4-2-3-5-11(10)13(17)15(19)20/h2-5,8,13H,6-7H2,1H3,(H,19,20). The van der Waals surface area contributed by atoms with Gasteiger partial charge in [-0.3, -0.25) is 4.79 Å². The number of oxazole rings is 1. The first kappa shape index (κ1) is 13.4. The first-order valence-electron chi connectivity index (χ1n) is 6.61. The fraction of sp³-hybridized carbons (Fsp3) is 0.267. The van der Waals surface area contributed by atoms with E-state index in [-0.39, 0.29) is 5.69 Å². The smallest absolute Gasteiger partial charge is 0.331 e. The van der Waals surface area contributed by atoms with Gasteiger partial charge >= 0.3 is 5.97 Å². The molecule has 1 aromatic carbocycles. The number of fused-ring (bicyclic) bond motifs is 1. The molecule has 1 aliphatic heterocycles. The first-order valence-corrected chi connectivity index (χ1v) is 6.61. The lowest BCUT2D eigenvalue weighted by molar-refractivity contribution is -0.143. The minimum atomic E-state index is -1.04. The summed E-state index contributed by atoms with van der Waals surface area (Å²) < 4.78 is 5.04. The Labute approximate surface area is 121 Å². The molecular weight excluding hydrogens is 272 g/mol. The summed E-state index contributed by atoms with van der Waals surface area (Å²) in [5, 5.41) is 9.53. The average Bonchev–Trinajstić information content (AvgIpc) is 2.91. The second-order valence-corrected chi connectivity index (χ2v) is 4.95. The zero-order chi connectivity index (χ0) is 15.0. The minimum Gasteiger partial charge on any atom is -0.479 e. The summed E-state index contributed by atoms with van der Waals surface area (Å²) in [7, 11) is 0. The molecule has 3 rings (SSSR count). The second kappa shape index (κ2) is 5.05. The summed E-state index contributed by atoms with van der Waals surface area (Å²) in [4.78, 5) is 29.4. The molecule has 0 bridgehead atoms. The molecule has 108 valence electrons. The highest BCUT2D eigenvalue weighted by Gasteiger charge is 2.37. The molecule has 0 spiro atoms. The molecule has 1 atom stereocenters. The number of benzene rings is 1. The van der Waals surface area contributed by atoms with E-state index in [1.807, 2.05) is 12.1 Å². The number of carboxylic acids is 1. The van der Waals surface area contributed by atoms with Crippen LogP contribution in [0.25, 0.3) is 0 Å². The van der Waals surface area contributed by atoms with Crippen molar-refractivity contribution < 1.29 is 19.1 Å². The van der Waals surface area contributed by atoms with Crippen LogP contribution in [0.15, 0.2) is 35.1 Å². The lowest BCUT2D eigenvalue weighted by atomic mass is 9.92. The molecule has 0 aliphatic carbocycles. The molecule has 1 aromatic heterocycles. The van der Waals surface area contributed by atoms with E-state index in [0.717, 1.165) is 5.56 Å². The number of aryl methyl sites for hydroxylation is 1. The zero-order valence-electron chi connectivity index (χ0n) is 11.4. The monoisotopic (exact) mass is 286 g/mol. The van der Waals surface area contributed by atoms with Crippen molar-refractivity contribution in [2.75, 3.05) is 6.54 Å². The molecule has 6 heteroatoms. The largest absolute Gasteiger partial charge is 0.479 e. The third-order valence-corrected chi connectivity index (χ3v) is 3.73. The highest BCUT2D eigenvalue weighted by molar-refractivity contribution is 5.96. The number of nitrogens with zero attached hydrogens (tertiary/aromatic N) is 2. The predicted molar refractivity (Wildman–Crippen MR) is 72.8 cm³/mol. The number of hydrogen-bond acceptors (Lipinski definition) is 4. The number of rotatable bonds is 2. The minimum absolute atomic E-state index is 0.167. The Hall–Kier alpha value is -2.63. The van der Waals surface area contributed by atoms with Crippen LogP contribution >= 0.6 is 0 Å². The number of carbonyl (C=O) groups is 2. The molecule has 1 aliphatic rings. The van der Waals surface area contributed by atoms with Crippen LogP contribution in [0.5, 0.6) is 0 Å². The van der Waals surface area contributed by atoms with Crippen molar-refractivity contribution >= 4 is 11.9 Å². The summed E-state index contributed by atoms with van der Waals surface area (Å²) in [5.74, 6) is -1.07. The van der Waals surface area contributed by atoms with Crippen LogP contribution in [-0.4, -0.2) is 33.4 Å². The maximum absolute atomic E-state index is 12.5. The van der Waals surface area contributed by atoms with Crippen LogP contribution in [0, 0.1) is 6.92 Å². The van der Waals surface area contributed by atoms with E-state index in [0.29, 0.717) is 24.3 Å². The molecule has 2 heterocycles. The maximum Gasteiger partial charge on any atom is 0.331 e. The zero-order valence-corrected chi connectivity index (χ0v) is 11.4. The van der Waals surface area contributed by atoms with Crippen LogP contribution < -0.4 is 0 Å². The summed E-state index contributed by atoms with van der Waals surface area (Å²) in [6, 6.07) is 6.32. The fourth-order valence-electron chi connectivity index (χ4n) is 2.70. The molecule has 1 amide bonds. The third-order valence-electron chi connectivity index (χ3n) is 3.73. The molecule has 0 radical (unpaired) electrons. The number of aromatic nitrogens is 1. The second-order valence-electron chi connectivity index (χ2n) is 4.95. The van der Waals surface area contributed by atoms with Crippen LogP contribution in [0.2, 0.25) is 0 Å². The van der Waals surface area contributed by atoms with Crippen molar-refractivity contribution in [3.05, 3.63) is 53.2 Å². The van der Waals surface area contributed by atoms with E-state index >= 15 is 0 Å². The number of aliphatic carboxylic acids is 1. The highest BCUT2D eigenvalue weighted by atomic mass is 16.4. The van der Waals surface area contributed by atoms with Crippen molar-refractivity contribution in [1.82, 2.24) is 9.88 Å². The van der Waals surface area contributed by atoms with Crippen LogP contribution in [0.1, 0.15) is 33.4 Å². The molecular formula is C15H14N2O4. The van der Waals surface area contributed by atoms with Crippen molar-refractivity contribution in [3.63, 3.8) is 0 Å². The topological polar surface area (TPSA) is 83.6 Å². The maximum atomic E-state index is 12.5. The lowest BCUT2D eigenvalue weighted by Gasteiger charge is -2.34. The van der Waals surface area contributed by atoms with E-state index < -0.39 is 17.9 Å². The van der Waals surface area contributed by atoms with Crippen molar-refractivity contribution in [3.8, 4) is 0 Å². The van der Waals surface area contributed by atoms with Gasteiger partial charge in [0.2, 0.25) is 0 Å². The molecule has 6 nitrogen and oxygen atoms in total. The molecule has 21 heavy (non-hydrogen) atoms. The van der Waals surface area contributed by atoms with Gasteiger partial charge in [-0.2, -0.15) is 0 Å². The number of carboxylic acid groups (broad SMARTS) is 1. The number of hydrogen-bond donors (Lipinski definition) is 1. The normalized spacial score (nSPS) is 17.4. The van der Waals surface area contributed by atoms with E-state index in [2.05, 4.69) is 4.98 Å². The van der Waals surface area contributed by atoms with Crippen molar-refractivity contribution in [1.29, 1.82) is 0 Å². The van der Waals surface area contributed by atoms with E-state index in [4.69, 9.17) is 4.42 Å². The Bertz CT molecular complexity index is 707. The summed E-state index contributed by atoms with van der Waals surface area (Å²) in [6.45, 7) is 1.98. The van der Waals surface area contributed by atoms with Crippen molar-refractivity contribution in [2.24, 2.45) is 0 Å². The van der Waals surface area contributed by atoms with Crippen LogP contribution in [-0.2, 0) is 11.2 Å². The number of amides is 1. The van der Waals surface area contributed by atoms with E-state index in [1.54, 1.807) is 19.1 Å². The Morgan fingerprint density at radius 3 is 2.81 bits per heavy atom. The molecule has 1 N–H and O–H groups in total. The van der Waals surface area contributed by atoms with E-state index in [1.165, 1.54) is 11.3 Å². The van der Waals surface area contributed by atoms with Gasteiger partial charge in [0.25, 0.3) is 5.91 Å². The van der Waals surface area contributed by atoms with Gasteiger partial charge in [0, 0.05) is 6.54 Å². The van der Waals surface area contributed by atoms with Gasteiger partial charge in [-0.25, -0.2) is 9.78 Å². The van der Waals surface area contributed by atoms with Gasteiger partial charge in [-0.15, -0.1) is 0 Å². The fourth-order valence-corrected chi connectivity index (χ4v) is 2.70. The third kappa shape index (κ3) is 2.18. The Morgan fingerprint density at radius 2 is 2.14 bits per heavy atom. The first-order chi connectivity index (χ1) is 10.1. The van der Waals surface area contributed by atoms with E-state index in [9.17, 15) is 14.7 Å². The Kier molecular flexibility index (Phi) is 3.21. The SMILES string of the molecule is Cc1ocnc1C(=O)N1CCc2ccccc2C1C(=O)O.